The predicted molar refractivity (Wildman–Crippen MR) is 124 cm³/mol. The number of hydrogen-bond donors (Lipinski definition) is 0. The van der Waals surface area contributed by atoms with E-state index < -0.39 is 11.6 Å². The molecular weight excluding hydrogens is 420 g/mol. The molecule has 4 atom stereocenters. The van der Waals surface area contributed by atoms with Crippen molar-refractivity contribution in [3.8, 4) is 0 Å². The molecule has 2 fully saturated rings. The van der Waals surface area contributed by atoms with E-state index in [9.17, 15) is 0 Å². The van der Waals surface area contributed by atoms with Gasteiger partial charge < -0.3 is 23.7 Å². The summed E-state index contributed by atoms with van der Waals surface area (Å²) in [5, 5.41) is 0. The van der Waals surface area contributed by atoms with Gasteiger partial charge in [-0.1, -0.05) is 44.2 Å². The van der Waals surface area contributed by atoms with Crippen molar-refractivity contribution in [2.45, 2.75) is 88.7 Å². The molecule has 0 spiro atoms. The summed E-state index contributed by atoms with van der Waals surface area (Å²) in [5.41, 5.74) is 1.12. The van der Waals surface area contributed by atoms with Crippen LogP contribution >= 0.6 is 23.5 Å². The third kappa shape index (κ3) is 6.37. The summed E-state index contributed by atoms with van der Waals surface area (Å²) in [6.45, 7) is 13.2. The Labute approximate surface area is 189 Å². The minimum atomic E-state index is -0.667. The highest BCUT2D eigenvalue weighted by Gasteiger charge is 2.53. The first-order valence-corrected chi connectivity index (χ1v) is 12.9. The highest BCUT2D eigenvalue weighted by Crippen LogP contribution is 2.42. The second-order valence-corrected chi connectivity index (χ2v) is 11.6. The number of thioether (sulfide) groups is 2. The van der Waals surface area contributed by atoms with Crippen molar-refractivity contribution in [2.75, 3.05) is 18.1 Å². The summed E-state index contributed by atoms with van der Waals surface area (Å²) < 4.78 is 31.8. The Morgan fingerprint density at radius 2 is 1.57 bits per heavy atom. The summed E-state index contributed by atoms with van der Waals surface area (Å²) in [6, 6.07) is 10.2. The Balaban J connectivity index is 1.84. The summed E-state index contributed by atoms with van der Waals surface area (Å²) in [6.07, 6.45) is -0.846. The molecule has 0 radical (unpaired) electrons. The van der Waals surface area contributed by atoms with E-state index in [4.69, 9.17) is 23.7 Å². The lowest BCUT2D eigenvalue weighted by molar-refractivity contribution is -0.190. The van der Waals surface area contributed by atoms with Crippen molar-refractivity contribution >= 4 is 23.5 Å². The van der Waals surface area contributed by atoms with Crippen molar-refractivity contribution in [1.29, 1.82) is 0 Å². The molecule has 1 aromatic carbocycles. The molecule has 0 unspecified atom stereocenters. The lowest BCUT2D eigenvalue weighted by atomic mass is 10.0. The average Bonchev–Trinajstić information content (AvgIpc) is 3.21. The highest BCUT2D eigenvalue weighted by atomic mass is 32.2. The van der Waals surface area contributed by atoms with Gasteiger partial charge in [-0.3, -0.25) is 0 Å². The third-order valence-electron chi connectivity index (χ3n) is 5.10. The first-order chi connectivity index (χ1) is 14.2. The summed E-state index contributed by atoms with van der Waals surface area (Å²) in [5.74, 6) is 0.755. The van der Waals surface area contributed by atoms with Crippen LogP contribution in [0.5, 0.6) is 0 Å². The smallest absolute Gasteiger partial charge is 0.163 e. The maximum absolute atomic E-state index is 6.49. The second-order valence-electron chi connectivity index (χ2n) is 8.47. The van der Waals surface area contributed by atoms with Gasteiger partial charge in [0.1, 0.15) is 24.4 Å². The van der Waals surface area contributed by atoms with Gasteiger partial charge in [-0.05, 0) is 44.8 Å². The number of benzene rings is 1. The van der Waals surface area contributed by atoms with E-state index in [-0.39, 0.29) is 29.0 Å². The molecule has 0 bridgehead atoms. The van der Waals surface area contributed by atoms with E-state index in [0.717, 1.165) is 17.1 Å². The molecule has 3 rings (SSSR count). The van der Waals surface area contributed by atoms with Gasteiger partial charge in [0.2, 0.25) is 0 Å². The van der Waals surface area contributed by atoms with Crippen LogP contribution in [0, 0.1) is 0 Å². The van der Waals surface area contributed by atoms with Gasteiger partial charge in [0.05, 0.1) is 17.8 Å². The van der Waals surface area contributed by atoms with Crippen LogP contribution in [-0.4, -0.2) is 58.7 Å². The van der Waals surface area contributed by atoms with Crippen molar-refractivity contribution in [1.82, 2.24) is 0 Å². The average molecular weight is 457 g/mol. The molecule has 2 aliphatic rings. The largest absolute Gasteiger partial charge is 0.368 e. The van der Waals surface area contributed by atoms with Crippen LogP contribution in [0.2, 0.25) is 0 Å². The second kappa shape index (κ2) is 10.6. The molecule has 2 aliphatic heterocycles. The summed E-state index contributed by atoms with van der Waals surface area (Å²) >= 11 is 3.81. The van der Waals surface area contributed by atoms with Gasteiger partial charge in [0, 0.05) is 0 Å². The summed E-state index contributed by atoms with van der Waals surface area (Å²) in [4.78, 5) is 0. The molecule has 30 heavy (non-hydrogen) atoms. The summed E-state index contributed by atoms with van der Waals surface area (Å²) in [7, 11) is 0. The van der Waals surface area contributed by atoms with Crippen LogP contribution < -0.4 is 0 Å². The van der Waals surface area contributed by atoms with Gasteiger partial charge in [0.25, 0.3) is 0 Å². The van der Waals surface area contributed by atoms with Gasteiger partial charge >= 0.3 is 0 Å². The lowest BCUT2D eigenvalue weighted by Gasteiger charge is -2.33. The van der Waals surface area contributed by atoms with E-state index in [1.54, 1.807) is 0 Å². The first-order valence-electron chi connectivity index (χ1n) is 10.8. The molecule has 0 aliphatic carbocycles. The normalized spacial score (nSPS) is 28.8. The minimum Gasteiger partial charge on any atom is -0.368 e. The minimum absolute atomic E-state index is 0.0945. The zero-order chi connectivity index (χ0) is 21.8. The predicted octanol–water partition coefficient (Wildman–Crippen LogP) is 5.08. The van der Waals surface area contributed by atoms with Crippen molar-refractivity contribution in [3.05, 3.63) is 35.9 Å². The van der Waals surface area contributed by atoms with E-state index >= 15 is 0 Å². The standard InChI is InChI=1S/C23H36O5S2/c1-7-29-21(30-8-2)20-19(27-23(5,6)28-20)18(17-15-25-22(3,4)26-17)24-14-16-12-10-9-11-13-16/h9-13,17-21H,7-8,14-15H2,1-6H3/t17-,18-,19+,20-/m1/s1. The molecular formula is C23H36O5S2. The third-order valence-corrected chi connectivity index (χ3v) is 7.78. The SMILES string of the molecule is CCSC(SCC)[C@@H]1OC(C)(C)O[C@H]1[C@H](OCc1ccccc1)[C@H]1COC(C)(C)O1. The first kappa shape index (κ1) is 24.4. The fourth-order valence-electron chi connectivity index (χ4n) is 3.91. The van der Waals surface area contributed by atoms with Gasteiger partial charge in [-0.15, -0.1) is 23.5 Å². The molecule has 7 heteroatoms. The Morgan fingerprint density at radius 1 is 0.933 bits per heavy atom. The van der Waals surface area contributed by atoms with Crippen molar-refractivity contribution in [2.24, 2.45) is 0 Å². The van der Waals surface area contributed by atoms with Gasteiger partial charge in [-0.25, -0.2) is 0 Å². The lowest BCUT2D eigenvalue weighted by Crippen LogP contribution is -2.49. The quantitative estimate of drug-likeness (QED) is 0.455. The number of ether oxygens (including phenoxy) is 5. The van der Waals surface area contributed by atoms with Crippen molar-refractivity contribution < 1.29 is 23.7 Å². The van der Waals surface area contributed by atoms with Crippen LogP contribution in [0.4, 0.5) is 0 Å². The molecule has 0 aromatic heterocycles. The number of hydrogen-bond acceptors (Lipinski definition) is 7. The molecule has 5 nitrogen and oxygen atoms in total. The molecule has 1 aromatic rings. The Kier molecular flexibility index (Phi) is 8.57. The van der Waals surface area contributed by atoms with Crippen LogP contribution in [0.1, 0.15) is 47.1 Å². The molecule has 170 valence electrons. The topological polar surface area (TPSA) is 46.2 Å². The monoisotopic (exact) mass is 456 g/mol. The van der Waals surface area contributed by atoms with Crippen LogP contribution in [-0.2, 0) is 30.3 Å². The Hall–Kier alpha value is -0.280. The van der Waals surface area contributed by atoms with Gasteiger partial charge in [0.15, 0.2) is 11.6 Å². The fourth-order valence-corrected chi connectivity index (χ4v) is 6.56. The molecule has 0 N–H and O–H groups in total. The zero-order valence-electron chi connectivity index (χ0n) is 19.0. The Morgan fingerprint density at radius 3 is 2.13 bits per heavy atom. The van der Waals surface area contributed by atoms with Crippen LogP contribution in [0.25, 0.3) is 0 Å². The fraction of sp³-hybridized carbons (Fsp3) is 0.739. The molecule has 0 saturated carbocycles. The zero-order valence-corrected chi connectivity index (χ0v) is 20.6. The van der Waals surface area contributed by atoms with Gasteiger partial charge in [-0.2, -0.15) is 0 Å². The Bertz CT molecular complexity index is 648. The van der Waals surface area contributed by atoms with Crippen LogP contribution in [0.15, 0.2) is 30.3 Å². The molecule has 2 saturated heterocycles. The number of rotatable bonds is 10. The van der Waals surface area contributed by atoms with Crippen LogP contribution in [0.3, 0.4) is 0 Å². The maximum atomic E-state index is 6.49. The molecule has 0 amide bonds. The van der Waals surface area contributed by atoms with E-state index in [1.807, 2.05) is 69.4 Å². The van der Waals surface area contributed by atoms with E-state index in [1.165, 1.54) is 0 Å². The highest BCUT2D eigenvalue weighted by molar-refractivity contribution is 8.17. The van der Waals surface area contributed by atoms with E-state index in [2.05, 4.69) is 26.0 Å². The van der Waals surface area contributed by atoms with E-state index in [0.29, 0.717) is 13.2 Å². The molecule has 2 heterocycles. The van der Waals surface area contributed by atoms with Crippen molar-refractivity contribution in [3.63, 3.8) is 0 Å². The maximum Gasteiger partial charge on any atom is 0.163 e.